The Kier molecular flexibility index (Phi) is 5.06. The second-order valence-electron chi connectivity index (χ2n) is 5.80. The third-order valence-electron chi connectivity index (χ3n) is 4.12. The molecule has 1 heterocycles. The summed E-state index contributed by atoms with van der Waals surface area (Å²) in [5, 5.41) is 0. The molecule has 8 heteroatoms. The Morgan fingerprint density at radius 1 is 0.962 bits per heavy atom. The summed E-state index contributed by atoms with van der Waals surface area (Å²) < 4.78 is 31.9. The molecule has 0 saturated carbocycles. The van der Waals surface area contributed by atoms with Crippen molar-refractivity contribution in [2.24, 2.45) is 0 Å². The molecule has 0 unspecified atom stereocenters. The second kappa shape index (κ2) is 7.27. The summed E-state index contributed by atoms with van der Waals surface area (Å²) in [6.07, 6.45) is 0. The lowest BCUT2D eigenvalue weighted by molar-refractivity contribution is 0.0664. The first kappa shape index (κ1) is 18.1. The summed E-state index contributed by atoms with van der Waals surface area (Å²) in [5.74, 6) is -0.594. The van der Waals surface area contributed by atoms with Crippen molar-refractivity contribution in [2.75, 3.05) is 19.4 Å². The average molecular weight is 374 g/mol. The lowest BCUT2D eigenvalue weighted by Gasteiger charge is -2.14. The second-order valence-corrected chi connectivity index (χ2v) is 7.72. The van der Waals surface area contributed by atoms with Crippen molar-refractivity contribution in [1.82, 2.24) is 9.62 Å². The number of methoxy groups -OCH3 is 1. The van der Waals surface area contributed by atoms with Crippen molar-refractivity contribution < 1.29 is 22.7 Å². The quantitative estimate of drug-likeness (QED) is 0.740. The fourth-order valence-corrected chi connectivity index (χ4v) is 3.62. The highest BCUT2D eigenvalue weighted by Crippen LogP contribution is 2.22. The zero-order chi connectivity index (χ0) is 18.7. The van der Waals surface area contributed by atoms with Gasteiger partial charge in [-0.1, -0.05) is 24.3 Å². The van der Waals surface area contributed by atoms with E-state index < -0.39 is 21.8 Å². The largest absolute Gasteiger partial charge is 0.497 e. The number of amides is 2. The fraction of sp³-hybridized carbons (Fsp3) is 0.222. The van der Waals surface area contributed by atoms with Crippen molar-refractivity contribution in [3.8, 4) is 5.75 Å². The molecule has 3 rings (SSSR count). The molecule has 2 amide bonds. The van der Waals surface area contributed by atoms with E-state index in [1.807, 2.05) is 0 Å². The van der Waals surface area contributed by atoms with E-state index in [0.717, 1.165) is 10.5 Å². The topological polar surface area (TPSA) is 92.8 Å². The molecule has 1 N–H and O–H groups in total. The zero-order valence-electron chi connectivity index (χ0n) is 14.1. The Morgan fingerprint density at radius 3 is 2.08 bits per heavy atom. The summed E-state index contributed by atoms with van der Waals surface area (Å²) in [7, 11) is -2.09. The number of hydrogen-bond acceptors (Lipinski definition) is 5. The monoisotopic (exact) mass is 374 g/mol. The average Bonchev–Trinajstić information content (AvgIpc) is 2.90. The number of ether oxygens (including phenoxy) is 1. The number of rotatable bonds is 7. The van der Waals surface area contributed by atoms with Crippen LogP contribution in [0.25, 0.3) is 0 Å². The molecule has 7 nitrogen and oxygen atoms in total. The van der Waals surface area contributed by atoms with Crippen LogP contribution in [0.2, 0.25) is 0 Å². The number of nitrogens with one attached hydrogen (secondary N) is 1. The molecule has 0 aliphatic carbocycles. The van der Waals surface area contributed by atoms with E-state index in [2.05, 4.69) is 4.72 Å². The van der Waals surface area contributed by atoms with Crippen LogP contribution in [0.4, 0.5) is 0 Å². The van der Waals surface area contributed by atoms with Crippen molar-refractivity contribution >= 4 is 21.8 Å². The maximum atomic E-state index is 12.2. The maximum absolute atomic E-state index is 12.2. The van der Waals surface area contributed by atoms with Crippen molar-refractivity contribution in [3.05, 3.63) is 65.2 Å². The Bertz CT molecular complexity index is 903. The van der Waals surface area contributed by atoms with Gasteiger partial charge < -0.3 is 4.74 Å². The van der Waals surface area contributed by atoms with Crippen molar-refractivity contribution in [1.29, 1.82) is 0 Å². The van der Waals surface area contributed by atoms with E-state index in [0.29, 0.717) is 16.9 Å². The van der Waals surface area contributed by atoms with Gasteiger partial charge in [0.25, 0.3) is 11.8 Å². The highest BCUT2D eigenvalue weighted by Gasteiger charge is 2.35. The molecule has 2 aromatic carbocycles. The smallest absolute Gasteiger partial charge is 0.261 e. The molecular weight excluding hydrogens is 356 g/mol. The number of nitrogens with zero attached hydrogens (tertiary/aromatic N) is 1. The minimum Gasteiger partial charge on any atom is -0.497 e. The molecule has 0 saturated heterocycles. The number of fused-ring (bicyclic) bond motifs is 1. The van der Waals surface area contributed by atoms with Crippen LogP contribution < -0.4 is 9.46 Å². The summed E-state index contributed by atoms with van der Waals surface area (Å²) in [5.41, 5.74) is 1.39. The van der Waals surface area contributed by atoms with Gasteiger partial charge in [-0.2, -0.15) is 0 Å². The van der Waals surface area contributed by atoms with Gasteiger partial charge in [0.15, 0.2) is 0 Å². The Balaban J connectivity index is 1.58. The molecule has 26 heavy (non-hydrogen) atoms. The Hall–Kier alpha value is -2.71. The molecule has 136 valence electrons. The highest BCUT2D eigenvalue weighted by molar-refractivity contribution is 7.89. The summed E-state index contributed by atoms with van der Waals surface area (Å²) in [6.45, 7) is -0.0707. The van der Waals surface area contributed by atoms with E-state index in [-0.39, 0.29) is 18.8 Å². The van der Waals surface area contributed by atoms with Crippen LogP contribution in [0, 0.1) is 0 Å². The molecule has 0 radical (unpaired) electrons. The first-order valence-corrected chi connectivity index (χ1v) is 9.62. The van der Waals surface area contributed by atoms with Crippen LogP contribution in [-0.4, -0.2) is 44.5 Å². The molecule has 1 aliphatic heterocycles. The molecule has 0 bridgehead atoms. The number of hydrogen-bond donors (Lipinski definition) is 1. The molecule has 0 aromatic heterocycles. The van der Waals surface area contributed by atoms with E-state index in [4.69, 9.17) is 4.74 Å². The van der Waals surface area contributed by atoms with Crippen LogP contribution in [0.5, 0.6) is 5.75 Å². The normalized spacial score (nSPS) is 13.8. The van der Waals surface area contributed by atoms with Gasteiger partial charge in [-0.15, -0.1) is 0 Å². The van der Waals surface area contributed by atoms with E-state index >= 15 is 0 Å². The van der Waals surface area contributed by atoms with Gasteiger partial charge in [0.05, 0.1) is 24.0 Å². The molecule has 0 fully saturated rings. The minimum atomic E-state index is -3.64. The van der Waals surface area contributed by atoms with Crippen LogP contribution >= 0.6 is 0 Å². The fourth-order valence-electron chi connectivity index (χ4n) is 2.66. The van der Waals surface area contributed by atoms with Crippen molar-refractivity contribution in [2.45, 2.75) is 6.54 Å². The summed E-state index contributed by atoms with van der Waals surface area (Å²) >= 11 is 0. The van der Waals surface area contributed by atoms with Crippen LogP contribution in [0.1, 0.15) is 26.3 Å². The first-order valence-electron chi connectivity index (χ1n) is 7.97. The van der Waals surface area contributed by atoms with Gasteiger partial charge in [0, 0.05) is 13.1 Å². The number of carbonyl (C=O) groups is 2. The summed E-state index contributed by atoms with van der Waals surface area (Å²) in [6, 6.07) is 13.4. The van der Waals surface area contributed by atoms with Crippen LogP contribution in [0.3, 0.4) is 0 Å². The third kappa shape index (κ3) is 3.76. The van der Waals surface area contributed by atoms with E-state index in [1.165, 1.54) is 0 Å². The predicted molar refractivity (Wildman–Crippen MR) is 95.4 cm³/mol. The molecule has 1 aliphatic rings. The van der Waals surface area contributed by atoms with Crippen LogP contribution in [-0.2, 0) is 16.6 Å². The van der Waals surface area contributed by atoms with Gasteiger partial charge in [0.2, 0.25) is 10.0 Å². The van der Waals surface area contributed by atoms with Gasteiger partial charge in [-0.25, -0.2) is 13.1 Å². The van der Waals surface area contributed by atoms with Gasteiger partial charge in [0.1, 0.15) is 5.75 Å². The Morgan fingerprint density at radius 2 is 1.54 bits per heavy atom. The number of sulfonamides is 1. The number of benzene rings is 2. The molecule has 2 aromatic rings. The number of imide groups is 1. The van der Waals surface area contributed by atoms with Crippen molar-refractivity contribution in [3.63, 3.8) is 0 Å². The van der Waals surface area contributed by atoms with E-state index in [1.54, 1.807) is 55.6 Å². The third-order valence-corrected chi connectivity index (χ3v) is 5.42. The van der Waals surface area contributed by atoms with Gasteiger partial charge in [-0.3, -0.25) is 14.5 Å². The highest BCUT2D eigenvalue weighted by atomic mass is 32.2. The predicted octanol–water partition coefficient (Wildman–Crippen LogP) is 1.41. The summed E-state index contributed by atoms with van der Waals surface area (Å²) in [4.78, 5) is 25.5. The number of carbonyl (C=O) groups excluding carboxylic acids is 2. The zero-order valence-corrected chi connectivity index (χ0v) is 15.0. The first-order chi connectivity index (χ1) is 12.4. The van der Waals surface area contributed by atoms with E-state index in [9.17, 15) is 18.0 Å². The lowest BCUT2D eigenvalue weighted by atomic mass is 10.1. The molecule has 0 atom stereocenters. The molecular formula is C18H18N2O5S. The van der Waals surface area contributed by atoms with Gasteiger partial charge in [-0.05, 0) is 29.8 Å². The standard InChI is InChI=1S/C18H18N2O5S/c1-25-14-8-6-13(7-9-14)12-19-26(23,24)11-10-20-17(21)15-4-2-3-5-16(15)18(20)22/h2-9,19H,10-12H2,1H3. The Labute approximate surface area is 151 Å². The maximum Gasteiger partial charge on any atom is 0.261 e. The van der Waals surface area contributed by atoms with Gasteiger partial charge >= 0.3 is 0 Å². The minimum absolute atomic E-state index is 0.119. The molecule has 0 spiro atoms. The lowest BCUT2D eigenvalue weighted by Crippen LogP contribution is -2.37. The van der Waals surface area contributed by atoms with Crippen LogP contribution in [0.15, 0.2) is 48.5 Å². The SMILES string of the molecule is COc1ccc(CNS(=O)(=O)CCN2C(=O)c3ccccc3C2=O)cc1.